The summed E-state index contributed by atoms with van der Waals surface area (Å²) in [5.74, 6) is -0.216. The Bertz CT molecular complexity index is 977. The van der Waals surface area contributed by atoms with Crippen molar-refractivity contribution in [1.82, 2.24) is 10.3 Å². The summed E-state index contributed by atoms with van der Waals surface area (Å²) in [5, 5.41) is 6.56. The summed E-state index contributed by atoms with van der Waals surface area (Å²) < 4.78 is 1.10. The van der Waals surface area contributed by atoms with Gasteiger partial charge in [-0.1, -0.05) is 38.1 Å². The summed E-state index contributed by atoms with van der Waals surface area (Å²) in [6, 6.07) is 15.4. The number of amides is 2. The van der Waals surface area contributed by atoms with Gasteiger partial charge in [-0.25, -0.2) is 4.98 Å². The molecule has 28 heavy (non-hydrogen) atoms. The largest absolute Gasteiger partial charge is 0.348 e. The van der Waals surface area contributed by atoms with E-state index < -0.39 is 0 Å². The average molecular weight is 394 g/mol. The van der Waals surface area contributed by atoms with Crippen LogP contribution < -0.4 is 10.6 Å². The minimum absolute atomic E-state index is 0.00227. The highest BCUT2D eigenvalue weighted by atomic mass is 32.1. The van der Waals surface area contributed by atoms with Gasteiger partial charge in [-0.15, -0.1) is 11.3 Å². The highest BCUT2D eigenvalue weighted by Crippen LogP contribution is 2.22. The molecule has 2 amide bonds. The van der Waals surface area contributed by atoms with Gasteiger partial charge >= 0.3 is 0 Å². The van der Waals surface area contributed by atoms with E-state index in [0.29, 0.717) is 6.54 Å². The van der Waals surface area contributed by atoms with E-state index >= 15 is 0 Å². The molecule has 6 heteroatoms. The van der Waals surface area contributed by atoms with E-state index in [9.17, 15) is 9.59 Å². The van der Waals surface area contributed by atoms with E-state index in [1.807, 2.05) is 62.4 Å². The first-order valence-corrected chi connectivity index (χ1v) is 10.1. The maximum atomic E-state index is 12.1. The van der Waals surface area contributed by atoms with Gasteiger partial charge < -0.3 is 10.6 Å². The van der Waals surface area contributed by atoms with Crippen molar-refractivity contribution in [3.05, 3.63) is 65.2 Å². The van der Waals surface area contributed by atoms with Gasteiger partial charge in [0.2, 0.25) is 11.8 Å². The molecule has 144 valence electrons. The monoisotopic (exact) mass is 393 g/mol. The van der Waals surface area contributed by atoms with Gasteiger partial charge in [-0.3, -0.25) is 9.59 Å². The lowest BCUT2D eigenvalue weighted by Crippen LogP contribution is -2.21. The number of carbonyl (C=O) groups is 2. The molecule has 0 aliphatic carbocycles. The Hall–Kier alpha value is -2.99. The van der Waals surface area contributed by atoms with Gasteiger partial charge in [0, 0.05) is 24.2 Å². The molecule has 0 aliphatic heterocycles. The van der Waals surface area contributed by atoms with Crippen LogP contribution in [0.3, 0.4) is 0 Å². The fraction of sp³-hybridized carbons (Fsp3) is 0.227. The summed E-state index contributed by atoms with van der Waals surface area (Å²) in [7, 11) is 0. The number of anilines is 1. The molecule has 0 aliphatic rings. The van der Waals surface area contributed by atoms with Crippen LogP contribution in [-0.2, 0) is 16.1 Å². The fourth-order valence-electron chi connectivity index (χ4n) is 2.57. The predicted octanol–water partition coefficient (Wildman–Crippen LogP) is 4.61. The fourth-order valence-corrected chi connectivity index (χ4v) is 3.44. The number of hydrogen-bond donors (Lipinski definition) is 2. The van der Waals surface area contributed by atoms with Crippen LogP contribution in [-0.4, -0.2) is 16.8 Å². The van der Waals surface area contributed by atoms with Crippen molar-refractivity contribution >= 4 is 45.1 Å². The van der Waals surface area contributed by atoms with Gasteiger partial charge in [-0.2, -0.15) is 0 Å². The normalized spacial score (nSPS) is 12.2. The third-order valence-electron chi connectivity index (χ3n) is 4.41. The number of thiazole rings is 1. The zero-order valence-corrected chi connectivity index (χ0v) is 16.8. The average Bonchev–Trinajstić information content (AvgIpc) is 3.13. The first kappa shape index (κ1) is 19.8. The van der Waals surface area contributed by atoms with Gasteiger partial charge in [0.25, 0.3) is 0 Å². The molecule has 1 aromatic heterocycles. The van der Waals surface area contributed by atoms with Crippen molar-refractivity contribution in [2.45, 2.75) is 26.8 Å². The number of rotatable bonds is 7. The van der Waals surface area contributed by atoms with Crippen molar-refractivity contribution in [3.8, 4) is 0 Å². The quantitative estimate of drug-likeness (QED) is 0.576. The van der Waals surface area contributed by atoms with Crippen molar-refractivity contribution in [3.63, 3.8) is 0 Å². The third-order valence-corrected chi connectivity index (χ3v) is 5.41. The highest BCUT2D eigenvalue weighted by Gasteiger charge is 2.10. The molecule has 3 rings (SSSR count). The van der Waals surface area contributed by atoms with Crippen molar-refractivity contribution in [2.75, 3.05) is 5.32 Å². The van der Waals surface area contributed by atoms with Crippen LogP contribution >= 0.6 is 11.3 Å². The lowest BCUT2D eigenvalue weighted by Gasteiger charge is -2.11. The molecule has 5 nitrogen and oxygen atoms in total. The lowest BCUT2D eigenvalue weighted by atomic mass is 10.1. The zero-order chi connectivity index (χ0) is 19.9. The number of nitrogens with zero attached hydrogens (tertiary/aromatic N) is 1. The molecule has 2 aromatic carbocycles. The van der Waals surface area contributed by atoms with Gasteiger partial charge in [0.05, 0.1) is 10.2 Å². The number of hydrogen-bond acceptors (Lipinski definition) is 4. The van der Waals surface area contributed by atoms with Gasteiger partial charge in [0.1, 0.15) is 5.01 Å². The first-order valence-electron chi connectivity index (χ1n) is 9.26. The number of nitrogens with one attached hydrogen (secondary N) is 2. The molecule has 1 atom stereocenters. The van der Waals surface area contributed by atoms with Crippen LogP contribution in [0.25, 0.3) is 16.3 Å². The standard InChI is InChI=1S/C22H23N3O2S/c1-3-15(2)22(27)24-17-8-6-7-16(13-17)14-23-20(26)11-12-21-25-18-9-4-5-10-19(18)28-21/h4-13,15H,3,14H2,1-2H3,(H,23,26)(H,24,27)/b12-11+. The van der Waals surface area contributed by atoms with Crippen molar-refractivity contribution < 1.29 is 9.59 Å². The number of para-hydroxylation sites is 1. The van der Waals surface area contributed by atoms with E-state index in [1.54, 1.807) is 17.4 Å². The van der Waals surface area contributed by atoms with Crippen LogP contribution in [0.2, 0.25) is 0 Å². The van der Waals surface area contributed by atoms with E-state index in [-0.39, 0.29) is 17.7 Å². The molecular formula is C22H23N3O2S. The second-order valence-corrected chi connectivity index (χ2v) is 7.63. The Balaban J connectivity index is 1.55. The molecule has 2 N–H and O–H groups in total. The molecule has 0 bridgehead atoms. The number of aromatic nitrogens is 1. The van der Waals surface area contributed by atoms with E-state index in [4.69, 9.17) is 0 Å². The Morgan fingerprint density at radius 2 is 2.00 bits per heavy atom. The summed E-state index contributed by atoms with van der Waals surface area (Å²) in [5.41, 5.74) is 2.59. The maximum absolute atomic E-state index is 12.1. The first-order chi connectivity index (χ1) is 13.5. The summed E-state index contributed by atoms with van der Waals surface area (Å²) >= 11 is 1.55. The van der Waals surface area contributed by atoms with E-state index in [1.165, 1.54) is 6.08 Å². The second kappa shape index (κ2) is 9.28. The van der Waals surface area contributed by atoms with E-state index in [2.05, 4.69) is 15.6 Å². The number of fused-ring (bicyclic) bond motifs is 1. The van der Waals surface area contributed by atoms with E-state index in [0.717, 1.165) is 32.9 Å². The van der Waals surface area contributed by atoms with Crippen molar-refractivity contribution in [2.24, 2.45) is 5.92 Å². The maximum Gasteiger partial charge on any atom is 0.244 e. The number of carbonyl (C=O) groups excluding carboxylic acids is 2. The molecular weight excluding hydrogens is 370 g/mol. The summed E-state index contributed by atoms with van der Waals surface area (Å²) in [4.78, 5) is 28.6. The molecule has 0 radical (unpaired) electrons. The molecule has 0 saturated carbocycles. The van der Waals surface area contributed by atoms with Gasteiger partial charge in [0.15, 0.2) is 0 Å². The van der Waals surface area contributed by atoms with Crippen LogP contribution in [0.15, 0.2) is 54.6 Å². The minimum Gasteiger partial charge on any atom is -0.348 e. The Morgan fingerprint density at radius 3 is 2.79 bits per heavy atom. The lowest BCUT2D eigenvalue weighted by molar-refractivity contribution is -0.119. The molecule has 0 spiro atoms. The molecule has 0 fully saturated rings. The summed E-state index contributed by atoms with van der Waals surface area (Å²) in [6.07, 6.45) is 4.01. The van der Waals surface area contributed by atoms with Crippen molar-refractivity contribution in [1.29, 1.82) is 0 Å². The molecule has 1 unspecified atom stereocenters. The van der Waals surface area contributed by atoms with Crippen LogP contribution in [0.4, 0.5) is 5.69 Å². The SMILES string of the molecule is CCC(C)C(=O)Nc1cccc(CNC(=O)/C=C/c2nc3ccccc3s2)c1. The number of benzene rings is 2. The molecule has 0 saturated heterocycles. The Kier molecular flexibility index (Phi) is 6.55. The second-order valence-electron chi connectivity index (χ2n) is 6.57. The Morgan fingerprint density at radius 1 is 1.18 bits per heavy atom. The van der Waals surface area contributed by atoms with Crippen LogP contribution in [0, 0.1) is 5.92 Å². The molecule has 1 heterocycles. The predicted molar refractivity (Wildman–Crippen MR) is 115 cm³/mol. The topological polar surface area (TPSA) is 71.1 Å². The zero-order valence-electron chi connectivity index (χ0n) is 15.9. The molecule has 3 aromatic rings. The minimum atomic E-state index is -0.187. The third kappa shape index (κ3) is 5.27. The smallest absolute Gasteiger partial charge is 0.244 e. The van der Waals surface area contributed by atoms with Crippen LogP contribution in [0.1, 0.15) is 30.8 Å². The summed E-state index contributed by atoms with van der Waals surface area (Å²) in [6.45, 7) is 4.27. The van der Waals surface area contributed by atoms with Gasteiger partial charge in [-0.05, 0) is 42.3 Å². The van der Waals surface area contributed by atoms with Crippen LogP contribution in [0.5, 0.6) is 0 Å². The Labute approximate surface area is 168 Å². The highest BCUT2D eigenvalue weighted by molar-refractivity contribution is 7.19.